The summed E-state index contributed by atoms with van der Waals surface area (Å²) >= 11 is 7.10. The standard InChI is InChI=1S/C13H13Br2NO/c1-2-16-13(9-5-6-17-8-9)11-7-10(14)3-4-12(11)15/h3-8,13,16H,2H2,1H3. The Balaban J connectivity index is 2.42. The summed E-state index contributed by atoms with van der Waals surface area (Å²) in [5.41, 5.74) is 2.33. The molecule has 0 fully saturated rings. The molecular weight excluding hydrogens is 346 g/mol. The largest absolute Gasteiger partial charge is 0.472 e. The Morgan fingerprint density at radius 2 is 2.12 bits per heavy atom. The number of furan rings is 1. The summed E-state index contributed by atoms with van der Waals surface area (Å²) in [6.07, 6.45) is 3.48. The third-order valence-electron chi connectivity index (χ3n) is 2.55. The molecular formula is C13H13Br2NO. The molecule has 1 N–H and O–H groups in total. The summed E-state index contributed by atoms with van der Waals surface area (Å²) in [5, 5.41) is 3.46. The van der Waals surface area contributed by atoms with Gasteiger partial charge in [0.15, 0.2) is 0 Å². The second-order valence-electron chi connectivity index (χ2n) is 3.71. The van der Waals surface area contributed by atoms with Gasteiger partial charge in [0, 0.05) is 14.5 Å². The Hall–Kier alpha value is -0.580. The van der Waals surface area contributed by atoms with Crippen LogP contribution in [-0.2, 0) is 0 Å². The van der Waals surface area contributed by atoms with Crippen molar-refractivity contribution in [1.29, 1.82) is 0 Å². The van der Waals surface area contributed by atoms with Crippen LogP contribution in [0, 0.1) is 0 Å². The highest BCUT2D eigenvalue weighted by atomic mass is 79.9. The lowest BCUT2D eigenvalue weighted by Crippen LogP contribution is -2.21. The van der Waals surface area contributed by atoms with E-state index in [1.54, 1.807) is 12.5 Å². The first-order chi connectivity index (χ1) is 8.22. The van der Waals surface area contributed by atoms with Gasteiger partial charge in [-0.15, -0.1) is 0 Å². The smallest absolute Gasteiger partial charge is 0.0953 e. The van der Waals surface area contributed by atoms with E-state index < -0.39 is 0 Å². The summed E-state index contributed by atoms with van der Waals surface area (Å²) in [6, 6.07) is 8.31. The van der Waals surface area contributed by atoms with E-state index >= 15 is 0 Å². The van der Waals surface area contributed by atoms with E-state index in [1.807, 2.05) is 18.2 Å². The lowest BCUT2D eigenvalue weighted by molar-refractivity contribution is 0.552. The summed E-state index contributed by atoms with van der Waals surface area (Å²) in [4.78, 5) is 0. The Morgan fingerprint density at radius 3 is 2.76 bits per heavy atom. The predicted octanol–water partition coefficient (Wildman–Crippen LogP) is 4.50. The van der Waals surface area contributed by atoms with Crippen molar-refractivity contribution in [2.24, 2.45) is 0 Å². The zero-order chi connectivity index (χ0) is 12.3. The first-order valence-corrected chi connectivity index (χ1v) is 7.01. The Kier molecular flexibility index (Phi) is 4.42. The SMILES string of the molecule is CCNC(c1ccoc1)c1cc(Br)ccc1Br. The summed E-state index contributed by atoms with van der Waals surface area (Å²) < 4.78 is 7.33. The van der Waals surface area contributed by atoms with Gasteiger partial charge in [-0.3, -0.25) is 0 Å². The molecule has 0 saturated carbocycles. The van der Waals surface area contributed by atoms with Crippen molar-refractivity contribution < 1.29 is 4.42 Å². The minimum Gasteiger partial charge on any atom is -0.472 e. The molecule has 1 aromatic carbocycles. The number of hydrogen-bond acceptors (Lipinski definition) is 2. The zero-order valence-electron chi connectivity index (χ0n) is 9.41. The van der Waals surface area contributed by atoms with Crippen LogP contribution < -0.4 is 5.32 Å². The average molecular weight is 359 g/mol. The van der Waals surface area contributed by atoms with Crippen molar-refractivity contribution >= 4 is 31.9 Å². The molecule has 0 bridgehead atoms. The molecule has 0 spiro atoms. The molecule has 1 unspecified atom stereocenters. The van der Waals surface area contributed by atoms with Crippen LogP contribution >= 0.6 is 31.9 Å². The molecule has 4 heteroatoms. The molecule has 2 nitrogen and oxygen atoms in total. The minimum absolute atomic E-state index is 0.144. The van der Waals surface area contributed by atoms with Gasteiger partial charge in [0.25, 0.3) is 0 Å². The van der Waals surface area contributed by atoms with Gasteiger partial charge in [0.2, 0.25) is 0 Å². The van der Waals surface area contributed by atoms with E-state index in [0.29, 0.717) is 0 Å². The van der Waals surface area contributed by atoms with E-state index in [2.05, 4.69) is 50.2 Å². The number of hydrogen-bond donors (Lipinski definition) is 1. The topological polar surface area (TPSA) is 25.2 Å². The Morgan fingerprint density at radius 1 is 1.29 bits per heavy atom. The van der Waals surface area contributed by atoms with E-state index in [-0.39, 0.29) is 6.04 Å². The van der Waals surface area contributed by atoms with Crippen molar-refractivity contribution in [3.8, 4) is 0 Å². The van der Waals surface area contributed by atoms with E-state index in [4.69, 9.17) is 4.42 Å². The summed E-state index contributed by atoms with van der Waals surface area (Å²) in [6.45, 7) is 2.99. The van der Waals surface area contributed by atoms with Gasteiger partial charge in [-0.2, -0.15) is 0 Å². The van der Waals surface area contributed by atoms with Gasteiger partial charge in [0.05, 0.1) is 18.6 Å². The van der Waals surface area contributed by atoms with Crippen LogP contribution in [0.15, 0.2) is 50.2 Å². The first-order valence-electron chi connectivity index (χ1n) is 5.42. The van der Waals surface area contributed by atoms with Crippen molar-refractivity contribution in [1.82, 2.24) is 5.32 Å². The predicted molar refractivity (Wildman–Crippen MR) is 76.1 cm³/mol. The molecule has 1 atom stereocenters. The van der Waals surface area contributed by atoms with Gasteiger partial charge in [-0.25, -0.2) is 0 Å². The molecule has 2 aromatic rings. The molecule has 0 aliphatic carbocycles. The van der Waals surface area contributed by atoms with Crippen LogP contribution in [0.5, 0.6) is 0 Å². The molecule has 0 aliphatic heterocycles. The third-order valence-corrected chi connectivity index (χ3v) is 3.77. The van der Waals surface area contributed by atoms with Crippen LogP contribution in [0.2, 0.25) is 0 Å². The molecule has 0 radical (unpaired) electrons. The van der Waals surface area contributed by atoms with E-state index in [0.717, 1.165) is 21.1 Å². The third kappa shape index (κ3) is 3.00. The average Bonchev–Trinajstić information content (AvgIpc) is 2.83. The number of halogens is 2. The number of rotatable bonds is 4. The monoisotopic (exact) mass is 357 g/mol. The molecule has 0 aliphatic rings. The maximum Gasteiger partial charge on any atom is 0.0953 e. The minimum atomic E-state index is 0.144. The normalized spacial score (nSPS) is 12.6. The fourth-order valence-electron chi connectivity index (χ4n) is 1.79. The number of benzene rings is 1. The van der Waals surface area contributed by atoms with Crippen molar-refractivity contribution in [2.45, 2.75) is 13.0 Å². The Labute approximate surface area is 118 Å². The molecule has 1 heterocycles. The van der Waals surface area contributed by atoms with Crippen molar-refractivity contribution in [2.75, 3.05) is 6.54 Å². The van der Waals surface area contributed by atoms with Gasteiger partial charge in [-0.1, -0.05) is 38.8 Å². The van der Waals surface area contributed by atoms with Gasteiger partial charge in [-0.05, 0) is 36.4 Å². The van der Waals surface area contributed by atoms with Crippen LogP contribution in [0.25, 0.3) is 0 Å². The van der Waals surface area contributed by atoms with Crippen LogP contribution in [0.1, 0.15) is 24.1 Å². The maximum atomic E-state index is 5.17. The maximum absolute atomic E-state index is 5.17. The van der Waals surface area contributed by atoms with Crippen molar-refractivity contribution in [3.05, 3.63) is 56.9 Å². The van der Waals surface area contributed by atoms with E-state index in [9.17, 15) is 0 Å². The van der Waals surface area contributed by atoms with Gasteiger partial charge in [0.1, 0.15) is 0 Å². The molecule has 0 saturated heterocycles. The van der Waals surface area contributed by atoms with Crippen molar-refractivity contribution in [3.63, 3.8) is 0 Å². The number of nitrogens with one attached hydrogen (secondary N) is 1. The molecule has 1 aromatic heterocycles. The van der Waals surface area contributed by atoms with Gasteiger partial charge < -0.3 is 9.73 Å². The highest BCUT2D eigenvalue weighted by molar-refractivity contribution is 9.11. The fourth-order valence-corrected chi connectivity index (χ4v) is 2.64. The second-order valence-corrected chi connectivity index (χ2v) is 5.48. The molecule has 2 rings (SSSR count). The van der Waals surface area contributed by atoms with Crippen LogP contribution in [0.4, 0.5) is 0 Å². The Bertz CT molecular complexity index is 482. The highest BCUT2D eigenvalue weighted by Gasteiger charge is 2.17. The molecule has 17 heavy (non-hydrogen) atoms. The fraction of sp³-hybridized carbons (Fsp3) is 0.231. The highest BCUT2D eigenvalue weighted by Crippen LogP contribution is 2.31. The quantitative estimate of drug-likeness (QED) is 0.870. The molecule has 0 amide bonds. The first kappa shape index (κ1) is 12.9. The van der Waals surface area contributed by atoms with Crippen LogP contribution in [0.3, 0.4) is 0 Å². The van der Waals surface area contributed by atoms with E-state index in [1.165, 1.54) is 5.56 Å². The van der Waals surface area contributed by atoms with Gasteiger partial charge >= 0.3 is 0 Å². The lowest BCUT2D eigenvalue weighted by atomic mass is 10.0. The summed E-state index contributed by atoms with van der Waals surface area (Å²) in [5.74, 6) is 0. The zero-order valence-corrected chi connectivity index (χ0v) is 12.6. The molecule has 90 valence electrons. The lowest BCUT2D eigenvalue weighted by Gasteiger charge is -2.18. The summed E-state index contributed by atoms with van der Waals surface area (Å²) in [7, 11) is 0. The second kappa shape index (κ2) is 5.85. The van der Waals surface area contributed by atoms with Crippen LogP contribution in [-0.4, -0.2) is 6.54 Å².